The van der Waals surface area contributed by atoms with Crippen LogP contribution in [0.25, 0.3) is 51.0 Å². The first kappa shape index (κ1) is 36.1. The second kappa shape index (κ2) is 15.3. The number of nitrogens with one attached hydrogen (secondary N) is 1. The third kappa shape index (κ3) is 6.51. The maximum atomic E-state index is 5.36. The van der Waals surface area contributed by atoms with Crippen LogP contribution in [0.5, 0.6) is 0 Å². The van der Waals surface area contributed by atoms with E-state index >= 15 is 0 Å². The number of nitrogens with zero attached hydrogens (tertiary/aromatic N) is 4. The first-order valence-corrected chi connectivity index (χ1v) is 21.4. The molecule has 4 aliphatic rings. The maximum Gasteiger partial charge on any atom is 0.164 e. The van der Waals surface area contributed by atoms with Crippen LogP contribution >= 0.6 is 0 Å². The number of fused-ring (bicyclic) bond motifs is 5. The van der Waals surface area contributed by atoms with E-state index in [0.29, 0.717) is 23.5 Å². The van der Waals surface area contributed by atoms with Gasteiger partial charge in [-0.25, -0.2) is 15.0 Å². The normalized spacial score (nSPS) is 19.8. The molecule has 1 aromatic heterocycles. The summed E-state index contributed by atoms with van der Waals surface area (Å²) in [5, 5.41) is 3.74. The van der Waals surface area contributed by atoms with Gasteiger partial charge in [0.05, 0.1) is 5.71 Å². The summed E-state index contributed by atoms with van der Waals surface area (Å²) in [5.41, 5.74) is 13.5. The summed E-state index contributed by atoms with van der Waals surface area (Å²) in [6.45, 7) is 0. The summed E-state index contributed by atoms with van der Waals surface area (Å²) < 4.78 is 0. The Labute approximate surface area is 352 Å². The molecule has 0 radical (unpaired) electrons. The van der Waals surface area contributed by atoms with Crippen LogP contribution in [0.4, 0.5) is 0 Å². The first-order chi connectivity index (χ1) is 29.7. The molecule has 7 aromatic rings. The minimum absolute atomic E-state index is 0.158. The highest BCUT2D eigenvalue weighted by atomic mass is 15.1. The predicted molar refractivity (Wildman–Crippen MR) is 244 cm³/mol. The van der Waals surface area contributed by atoms with Gasteiger partial charge in [-0.05, 0) is 64.3 Å². The molecule has 3 aliphatic carbocycles. The summed E-state index contributed by atoms with van der Waals surface area (Å²) in [6.07, 6.45) is 17.6. The highest BCUT2D eigenvalue weighted by Gasteiger charge is 2.51. The molecule has 60 heavy (non-hydrogen) atoms. The van der Waals surface area contributed by atoms with Gasteiger partial charge in [-0.3, -0.25) is 4.99 Å². The lowest BCUT2D eigenvalue weighted by Crippen LogP contribution is -2.34. The fourth-order valence-corrected chi connectivity index (χ4v) is 10.2. The summed E-state index contributed by atoms with van der Waals surface area (Å²) >= 11 is 0. The molecule has 11 rings (SSSR count). The Hall–Kier alpha value is -6.98. The van der Waals surface area contributed by atoms with E-state index in [2.05, 4.69) is 169 Å². The van der Waals surface area contributed by atoms with E-state index < -0.39 is 0 Å². The van der Waals surface area contributed by atoms with Crippen molar-refractivity contribution in [2.75, 3.05) is 0 Å². The lowest BCUT2D eigenvalue weighted by Gasteiger charge is -2.40. The molecule has 0 saturated heterocycles. The second-order valence-corrected chi connectivity index (χ2v) is 16.5. The van der Waals surface area contributed by atoms with Gasteiger partial charge in [0.2, 0.25) is 0 Å². The smallest absolute Gasteiger partial charge is 0.164 e. The highest BCUT2D eigenvalue weighted by molar-refractivity contribution is 6.13. The van der Waals surface area contributed by atoms with Crippen LogP contribution < -0.4 is 5.32 Å². The number of hydrogen-bond donors (Lipinski definition) is 1. The van der Waals surface area contributed by atoms with Crippen LogP contribution in [0.2, 0.25) is 0 Å². The zero-order valence-electron chi connectivity index (χ0n) is 33.5. The molecule has 1 saturated carbocycles. The largest absolute Gasteiger partial charge is 0.360 e. The van der Waals surface area contributed by atoms with E-state index in [4.69, 9.17) is 19.9 Å². The van der Waals surface area contributed by atoms with Crippen molar-refractivity contribution >= 4 is 11.4 Å². The molecule has 6 aromatic carbocycles. The summed E-state index contributed by atoms with van der Waals surface area (Å²) in [6, 6.07) is 55.4. The summed E-state index contributed by atoms with van der Waals surface area (Å²) in [5.74, 6) is 2.79. The van der Waals surface area contributed by atoms with Gasteiger partial charge >= 0.3 is 0 Å². The van der Waals surface area contributed by atoms with Gasteiger partial charge in [-0.1, -0.05) is 195 Å². The molecule has 1 spiro atoms. The molecular weight excluding hydrogens is 731 g/mol. The van der Waals surface area contributed by atoms with E-state index in [1.54, 1.807) is 0 Å². The van der Waals surface area contributed by atoms with Crippen LogP contribution in [0.1, 0.15) is 72.0 Å². The third-order valence-electron chi connectivity index (χ3n) is 13.1. The van der Waals surface area contributed by atoms with E-state index in [-0.39, 0.29) is 11.6 Å². The number of rotatable bonds is 7. The summed E-state index contributed by atoms with van der Waals surface area (Å²) in [4.78, 5) is 21.1. The molecule has 5 heteroatoms. The van der Waals surface area contributed by atoms with Crippen molar-refractivity contribution in [1.29, 1.82) is 0 Å². The molecule has 3 atom stereocenters. The SMILES string of the molecule is C1=CC2c3c(-c4nc(-c5ccccc5)nc(-c5cccc(C6=NC(c7ccccc7)NC(c7ccc(-c8ccccc8)cc7)=C6)c5)n4)cccc3C3(CCCCC3)C2C=C1. The van der Waals surface area contributed by atoms with Gasteiger partial charge < -0.3 is 5.32 Å². The van der Waals surface area contributed by atoms with Crippen LogP contribution in [-0.2, 0) is 5.41 Å². The topological polar surface area (TPSA) is 63.1 Å². The van der Waals surface area contributed by atoms with Crippen molar-refractivity contribution in [3.05, 3.63) is 216 Å². The van der Waals surface area contributed by atoms with E-state index in [0.717, 1.165) is 50.6 Å². The number of allylic oxidation sites excluding steroid dienone is 5. The third-order valence-corrected chi connectivity index (χ3v) is 13.1. The second-order valence-electron chi connectivity index (χ2n) is 16.5. The Morgan fingerprint density at radius 1 is 0.500 bits per heavy atom. The molecule has 290 valence electrons. The van der Waals surface area contributed by atoms with E-state index in [1.807, 2.05) is 24.3 Å². The Bertz CT molecular complexity index is 2820. The van der Waals surface area contributed by atoms with Gasteiger partial charge in [0, 0.05) is 39.3 Å². The number of aliphatic imine (C=N–C) groups is 1. The average Bonchev–Trinajstić information content (AvgIpc) is 3.60. The Morgan fingerprint density at radius 2 is 1.10 bits per heavy atom. The van der Waals surface area contributed by atoms with Crippen molar-refractivity contribution in [2.45, 2.75) is 49.6 Å². The van der Waals surface area contributed by atoms with Crippen molar-refractivity contribution < 1.29 is 0 Å². The zero-order valence-corrected chi connectivity index (χ0v) is 33.5. The number of benzene rings is 6. The van der Waals surface area contributed by atoms with Crippen LogP contribution in [0, 0.1) is 5.92 Å². The van der Waals surface area contributed by atoms with E-state index in [9.17, 15) is 0 Å². The minimum Gasteiger partial charge on any atom is -0.360 e. The van der Waals surface area contributed by atoms with Gasteiger partial charge in [0.25, 0.3) is 0 Å². The lowest BCUT2D eigenvalue weighted by molar-refractivity contribution is 0.233. The van der Waals surface area contributed by atoms with Gasteiger partial charge in [0.15, 0.2) is 17.5 Å². The van der Waals surface area contributed by atoms with Crippen molar-refractivity contribution in [1.82, 2.24) is 20.3 Å². The minimum atomic E-state index is -0.257. The van der Waals surface area contributed by atoms with Gasteiger partial charge in [-0.15, -0.1) is 0 Å². The van der Waals surface area contributed by atoms with E-state index in [1.165, 1.54) is 54.4 Å². The molecule has 5 nitrogen and oxygen atoms in total. The molecular formula is C55H45N5. The Balaban J connectivity index is 1.02. The fraction of sp³-hybridized carbons (Fsp3) is 0.164. The monoisotopic (exact) mass is 775 g/mol. The van der Waals surface area contributed by atoms with Crippen molar-refractivity contribution in [2.24, 2.45) is 10.9 Å². The van der Waals surface area contributed by atoms with Crippen LogP contribution in [-0.4, -0.2) is 20.7 Å². The lowest BCUT2D eigenvalue weighted by atomic mass is 9.63. The first-order valence-electron chi connectivity index (χ1n) is 21.4. The molecule has 0 bridgehead atoms. The average molecular weight is 776 g/mol. The molecule has 3 unspecified atom stereocenters. The van der Waals surface area contributed by atoms with Crippen molar-refractivity contribution in [3.63, 3.8) is 0 Å². The fourth-order valence-electron chi connectivity index (χ4n) is 10.2. The summed E-state index contributed by atoms with van der Waals surface area (Å²) in [7, 11) is 0. The van der Waals surface area contributed by atoms with Gasteiger partial charge in [0.1, 0.15) is 6.17 Å². The van der Waals surface area contributed by atoms with Crippen LogP contribution in [0.15, 0.2) is 193 Å². The molecule has 1 fully saturated rings. The zero-order chi connectivity index (χ0) is 39.9. The standard InChI is InChI=1S/C55H45N5/c1-5-17-37(18-6-1)38-29-31-39(32-30-38)48-36-49(57-51(56-48)40-19-7-2-8-20-40)42-23-15-24-43(35-42)53-58-52(41-21-9-3-10-22-41)59-54(60-53)45-26-16-28-47-50(45)44-25-11-12-27-46(44)55(47)33-13-4-14-34-55/h1-3,5-12,15-32,35-36,44,46,51,56H,4,13-14,33-34H2. The molecule has 2 heterocycles. The van der Waals surface area contributed by atoms with Crippen LogP contribution in [0.3, 0.4) is 0 Å². The van der Waals surface area contributed by atoms with Gasteiger partial charge in [-0.2, -0.15) is 0 Å². The number of hydrogen-bond acceptors (Lipinski definition) is 5. The predicted octanol–water partition coefficient (Wildman–Crippen LogP) is 12.7. The Kier molecular flexibility index (Phi) is 9.22. The van der Waals surface area contributed by atoms with Crippen molar-refractivity contribution in [3.8, 4) is 45.3 Å². The Morgan fingerprint density at radius 3 is 1.87 bits per heavy atom. The maximum absolute atomic E-state index is 5.36. The molecule has 1 N–H and O–H groups in total. The molecule has 1 aliphatic heterocycles. The quantitative estimate of drug-likeness (QED) is 0.175. The highest BCUT2D eigenvalue weighted by Crippen LogP contribution is 2.60. The molecule has 0 amide bonds. The number of aromatic nitrogens is 3.